The number of rotatable bonds is 4. The maximum Gasteiger partial charge on any atom is 0.240 e. The van der Waals surface area contributed by atoms with Crippen molar-refractivity contribution >= 4 is 43.0 Å². The first-order chi connectivity index (χ1) is 8.88. The summed E-state index contributed by atoms with van der Waals surface area (Å²) >= 11 is 4.72. The number of sulfonamides is 1. The van der Waals surface area contributed by atoms with Gasteiger partial charge in [-0.2, -0.15) is 0 Å². The molecule has 4 nitrogen and oxygen atoms in total. The van der Waals surface area contributed by atoms with Crippen LogP contribution in [-0.4, -0.2) is 8.42 Å². The van der Waals surface area contributed by atoms with Crippen LogP contribution in [0.2, 0.25) is 0 Å². The minimum absolute atomic E-state index is 0.0537. The second kappa shape index (κ2) is 5.58. The van der Waals surface area contributed by atoms with E-state index in [1.54, 1.807) is 0 Å². The molecule has 0 amide bonds. The quantitative estimate of drug-likeness (QED) is 0.819. The Morgan fingerprint density at radius 2 is 2.11 bits per heavy atom. The Hall–Kier alpha value is -0.960. The molecular weight excluding hydrogens is 355 g/mol. The number of thiophene rings is 1. The zero-order valence-corrected chi connectivity index (χ0v) is 12.8. The summed E-state index contributed by atoms with van der Waals surface area (Å²) in [5.74, 6) is -0.638. The molecule has 1 heterocycles. The third kappa shape index (κ3) is 3.53. The van der Waals surface area contributed by atoms with Crippen molar-refractivity contribution in [3.63, 3.8) is 0 Å². The van der Waals surface area contributed by atoms with Crippen LogP contribution in [0, 0.1) is 5.82 Å². The molecule has 0 aliphatic rings. The Kier molecular flexibility index (Phi) is 4.24. The molecule has 0 atom stereocenters. The molecule has 3 N–H and O–H groups in total. The van der Waals surface area contributed by atoms with Crippen molar-refractivity contribution in [3.05, 3.63) is 44.8 Å². The van der Waals surface area contributed by atoms with Crippen molar-refractivity contribution in [1.82, 2.24) is 4.72 Å². The van der Waals surface area contributed by atoms with Gasteiger partial charge in [0.05, 0.1) is 10.6 Å². The molecule has 0 fully saturated rings. The maximum absolute atomic E-state index is 13.0. The molecule has 2 rings (SSSR count). The van der Waals surface area contributed by atoms with Gasteiger partial charge in [0.1, 0.15) is 5.82 Å². The van der Waals surface area contributed by atoms with Crippen LogP contribution in [0.3, 0.4) is 0 Å². The molecule has 8 heteroatoms. The van der Waals surface area contributed by atoms with Crippen LogP contribution >= 0.6 is 27.3 Å². The third-order valence-corrected chi connectivity index (χ3v) is 5.43. The van der Waals surface area contributed by atoms with E-state index in [2.05, 4.69) is 20.7 Å². The Labute approximate surface area is 122 Å². The van der Waals surface area contributed by atoms with Crippen molar-refractivity contribution in [3.8, 4) is 0 Å². The van der Waals surface area contributed by atoms with E-state index >= 15 is 0 Å². The molecule has 0 unspecified atom stereocenters. The number of benzene rings is 1. The second-order valence-corrected chi connectivity index (χ2v) is 7.42. The molecule has 0 radical (unpaired) electrons. The van der Waals surface area contributed by atoms with E-state index in [-0.39, 0.29) is 17.1 Å². The lowest BCUT2D eigenvalue weighted by Gasteiger charge is -2.06. The predicted molar refractivity (Wildman–Crippen MR) is 76.9 cm³/mol. The zero-order valence-electron chi connectivity index (χ0n) is 9.56. The Morgan fingerprint density at radius 1 is 1.37 bits per heavy atom. The summed E-state index contributed by atoms with van der Waals surface area (Å²) < 4.78 is 40.3. The highest BCUT2D eigenvalue weighted by atomic mass is 79.9. The molecular formula is C11H10BrFN2O2S2. The maximum atomic E-state index is 13.0. The molecule has 0 spiro atoms. The highest BCUT2D eigenvalue weighted by Gasteiger charge is 2.15. The summed E-state index contributed by atoms with van der Waals surface area (Å²) in [6.07, 6.45) is 0. The van der Waals surface area contributed by atoms with Crippen molar-refractivity contribution in [2.24, 2.45) is 0 Å². The summed E-state index contributed by atoms with van der Waals surface area (Å²) in [5, 5.41) is 1.86. The van der Waals surface area contributed by atoms with E-state index < -0.39 is 15.8 Å². The van der Waals surface area contributed by atoms with E-state index in [1.165, 1.54) is 17.4 Å². The number of anilines is 1. The Bertz CT molecular complexity index is 700. The lowest BCUT2D eigenvalue weighted by molar-refractivity contribution is 0.581. The number of hydrogen-bond acceptors (Lipinski definition) is 4. The van der Waals surface area contributed by atoms with Crippen molar-refractivity contribution in [2.45, 2.75) is 11.4 Å². The minimum atomic E-state index is -3.69. The largest absolute Gasteiger partial charge is 0.396 e. The number of nitrogen functional groups attached to an aromatic ring is 1. The van der Waals surface area contributed by atoms with Crippen LogP contribution in [0.25, 0.3) is 0 Å². The number of nitrogens with two attached hydrogens (primary N) is 1. The van der Waals surface area contributed by atoms with E-state index in [1.807, 2.05) is 11.4 Å². The van der Waals surface area contributed by atoms with Gasteiger partial charge in [-0.15, -0.1) is 11.3 Å². The third-order valence-electron chi connectivity index (χ3n) is 2.34. The monoisotopic (exact) mass is 364 g/mol. The van der Waals surface area contributed by atoms with Gasteiger partial charge in [0.25, 0.3) is 0 Å². The molecule has 0 saturated heterocycles. The van der Waals surface area contributed by atoms with Gasteiger partial charge in [0.15, 0.2) is 0 Å². The molecule has 102 valence electrons. The predicted octanol–water partition coefficient (Wildman–Crippen LogP) is 2.71. The highest BCUT2D eigenvalue weighted by molar-refractivity contribution is 9.10. The van der Waals surface area contributed by atoms with Crippen molar-refractivity contribution < 1.29 is 12.8 Å². The van der Waals surface area contributed by atoms with Crippen LogP contribution in [0.5, 0.6) is 0 Å². The molecule has 19 heavy (non-hydrogen) atoms. The molecule has 0 bridgehead atoms. The van der Waals surface area contributed by atoms with Crippen molar-refractivity contribution in [2.75, 3.05) is 5.73 Å². The first-order valence-corrected chi connectivity index (χ1v) is 8.32. The summed E-state index contributed by atoms with van der Waals surface area (Å²) in [7, 11) is -3.69. The van der Waals surface area contributed by atoms with Crippen LogP contribution in [0.1, 0.15) is 4.88 Å². The van der Waals surface area contributed by atoms with Gasteiger partial charge in [-0.25, -0.2) is 17.5 Å². The average Bonchev–Trinajstić information content (AvgIpc) is 2.76. The molecule has 0 aliphatic heterocycles. The summed E-state index contributed by atoms with van der Waals surface area (Å²) in [4.78, 5) is 0.813. The molecule has 0 aliphatic carbocycles. The van der Waals surface area contributed by atoms with Crippen LogP contribution in [-0.2, 0) is 16.6 Å². The van der Waals surface area contributed by atoms with Gasteiger partial charge < -0.3 is 5.73 Å². The van der Waals surface area contributed by atoms with E-state index in [4.69, 9.17) is 5.73 Å². The normalized spacial score (nSPS) is 11.7. The summed E-state index contributed by atoms with van der Waals surface area (Å²) in [6, 6.07) is 5.14. The lowest BCUT2D eigenvalue weighted by Crippen LogP contribution is -2.23. The van der Waals surface area contributed by atoms with Gasteiger partial charge in [-0.05, 0) is 40.2 Å². The minimum Gasteiger partial charge on any atom is -0.396 e. The number of nitrogens with one attached hydrogen (secondary N) is 1. The molecule has 2 aromatic rings. The summed E-state index contributed by atoms with van der Waals surface area (Å²) in [6.45, 7) is 0.176. The highest BCUT2D eigenvalue weighted by Crippen LogP contribution is 2.21. The molecule has 1 aromatic carbocycles. The van der Waals surface area contributed by atoms with Crippen LogP contribution in [0.15, 0.2) is 39.0 Å². The van der Waals surface area contributed by atoms with Gasteiger partial charge in [-0.1, -0.05) is 0 Å². The van der Waals surface area contributed by atoms with Gasteiger partial charge in [0.2, 0.25) is 10.0 Å². The van der Waals surface area contributed by atoms with E-state index in [9.17, 15) is 12.8 Å². The van der Waals surface area contributed by atoms with Gasteiger partial charge in [-0.3, -0.25) is 0 Å². The number of hydrogen-bond donors (Lipinski definition) is 2. The fourth-order valence-electron chi connectivity index (χ4n) is 1.38. The van der Waals surface area contributed by atoms with Crippen LogP contribution < -0.4 is 10.5 Å². The van der Waals surface area contributed by atoms with Crippen molar-refractivity contribution in [1.29, 1.82) is 0 Å². The van der Waals surface area contributed by atoms with Gasteiger partial charge in [0, 0.05) is 21.3 Å². The van der Waals surface area contributed by atoms with E-state index in [0.29, 0.717) is 0 Å². The molecule has 1 aromatic heterocycles. The van der Waals surface area contributed by atoms with E-state index in [0.717, 1.165) is 21.5 Å². The standard InChI is InChI=1S/C11H10BrFN2O2S2/c12-7-3-8(18-6-7)5-15-19(16,17)9-1-2-10(13)11(14)4-9/h1-4,6,15H,5,14H2. The number of halogens is 2. The fourth-order valence-corrected chi connectivity index (χ4v) is 3.91. The first kappa shape index (κ1) is 14.4. The fraction of sp³-hybridized carbons (Fsp3) is 0.0909. The Morgan fingerprint density at radius 3 is 2.68 bits per heavy atom. The zero-order chi connectivity index (χ0) is 14.0. The Balaban J connectivity index is 2.16. The molecule has 0 saturated carbocycles. The lowest BCUT2D eigenvalue weighted by atomic mass is 10.3. The SMILES string of the molecule is Nc1cc(S(=O)(=O)NCc2cc(Br)cs2)ccc1F. The first-order valence-electron chi connectivity index (χ1n) is 5.16. The summed E-state index contributed by atoms with van der Waals surface area (Å²) in [5.41, 5.74) is 5.16. The second-order valence-electron chi connectivity index (χ2n) is 3.74. The van der Waals surface area contributed by atoms with Crippen LogP contribution in [0.4, 0.5) is 10.1 Å². The average molecular weight is 365 g/mol. The topological polar surface area (TPSA) is 72.2 Å². The smallest absolute Gasteiger partial charge is 0.240 e. The van der Waals surface area contributed by atoms with Gasteiger partial charge >= 0.3 is 0 Å².